The minimum atomic E-state index is -1.07. The number of aromatic nitrogens is 1. The molecule has 4 aromatic rings. The first kappa shape index (κ1) is 18.1. The zero-order chi connectivity index (χ0) is 19.7. The SMILES string of the molecule is COC(=O)C(C)(C)Oc1cccc2[nH]cc(Cc3ccc4ccccc4c3)c12. The van der Waals surface area contributed by atoms with Crippen molar-refractivity contribution < 1.29 is 14.3 Å². The van der Waals surface area contributed by atoms with E-state index in [4.69, 9.17) is 9.47 Å². The molecule has 0 spiro atoms. The third-order valence-electron chi connectivity index (χ3n) is 5.00. The molecule has 0 saturated carbocycles. The Labute approximate surface area is 164 Å². The Bertz CT molecular complexity index is 1160. The van der Waals surface area contributed by atoms with Crippen LogP contribution in [-0.2, 0) is 16.0 Å². The van der Waals surface area contributed by atoms with Crippen molar-refractivity contribution in [1.29, 1.82) is 0 Å². The molecule has 0 saturated heterocycles. The second-order valence-electron chi connectivity index (χ2n) is 7.45. The van der Waals surface area contributed by atoms with E-state index in [9.17, 15) is 4.79 Å². The predicted octanol–water partition coefficient (Wildman–Crippen LogP) is 5.24. The lowest BCUT2D eigenvalue weighted by atomic mass is 10.0. The predicted molar refractivity (Wildman–Crippen MR) is 112 cm³/mol. The molecular formula is C24H23NO3. The summed E-state index contributed by atoms with van der Waals surface area (Å²) in [5, 5.41) is 3.45. The molecule has 4 nitrogen and oxygen atoms in total. The van der Waals surface area contributed by atoms with E-state index in [0.717, 1.165) is 22.9 Å². The van der Waals surface area contributed by atoms with Crippen LogP contribution in [-0.4, -0.2) is 23.7 Å². The number of carbonyl (C=O) groups is 1. The maximum atomic E-state index is 12.1. The first-order valence-corrected chi connectivity index (χ1v) is 9.32. The average molecular weight is 373 g/mol. The van der Waals surface area contributed by atoms with Gasteiger partial charge >= 0.3 is 5.97 Å². The van der Waals surface area contributed by atoms with Crippen LogP contribution in [0.2, 0.25) is 0 Å². The molecular weight excluding hydrogens is 350 g/mol. The summed E-state index contributed by atoms with van der Waals surface area (Å²) in [6, 6.07) is 20.7. The van der Waals surface area contributed by atoms with Gasteiger partial charge in [0.25, 0.3) is 0 Å². The number of H-pyrrole nitrogens is 1. The fourth-order valence-corrected chi connectivity index (χ4v) is 3.58. The molecule has 1 heterocycles. The van der Waals surface area contributed by atoms with Crippen LogP contribution in [0.25, 0.3) is 21.7 Å². The Morgan fingerprint density at radius 1 is 1.00 bits per heavy atom. The van der Waals surface area contributed by atoms with Crippen LogP contribution in [0.1, 0.15) is 25.0 Å². The second kappa shape index (κ2) is 7.04. The van der Waals surface area contributed by atoms with Crippen molar-refractivity contribution in [3.63, 3.8) is 0 Å². The molecule has 0 aliphatic rings. The topological polar surface area (TPSA) is 51.3 Å². The zero-order valence-electron chi connectivity index (χ0n) is 16.3. The van der Waals surface area contributed by atoms with Crippen LogP contribution in [0.3, 0.4) is 0 Å². The number of ether oxygens (including phenoxy) is 2. The molecule has 0 unspecified atom stereocenters. The monoisotopic (exact) mass is 373 g/mol. The Balaban J connectivity index is 1.72. The molecule has 0 amide bonds. The van der Waals surface area contributed by atoms with E-state index >= 15 is 0 Å². The quantitative estimate of drug-likeness (QED) is 0.487. The number of hydrogen-bond acceptors (Lipinski definition) is 3. The van der Waals surface area contributed by atoms with Gasteiger partial charge in [0.1, 0.15) is 5.75 Å². The van der Waals surface area contributed by atoms with Gasteiger partial charge in [0, 0.05) is 17.1 Å². The van der Waals surface area contributed by atoms with Crippen molar-refractivity contribution in [2.24, 2.45) is 0 Å². The molecule has 0 fully saturated rings. The van der Waals surface area contributed by atoms with E-state index in [-0.39, 0.29) is 0 Å². The van der Waals surface area contributed by atoms with Crippen molar-refractivity contribution >= 4 is 27.6 Å². The number of carbonyl (C=O) groups excluding carboxylic acids is 1. The van der Waals surface area contributed by atoms with E-state index in [1.54, 1.807) is 13.8 Å². The van der Waals surface area contributed by atoms with Crippen molar-refractivity contribution in [1.82, 2.24) is 4.98 Å². The number of rotatable bonds is 5. The van der Waals surface area contributed by atoms with Crippen LogP contribution in [0, 0.1) is 0 Å². The molecule has 0 radical (unpaired) electrons. The van der Waals surface area contributed by atoms with E-state index in [0.29, 0.717) is 5.75 Å². The first-order chi connectivity index (χ1) is 13.5. The number of hydrogen-bond donors (Lipinski definition) is 1. The van der Waals surface area contributed by atoms with Gasteiger partial charge in [-0.05, 0) is 54.3 Å². The summed E-state index contributed by atoms with van der Waals surface area (Å²) in [7, 11) is 1.37. The highest BCUT2D eigenvalue weighted by molar-refractivity contribution is 5.91. The fourth-order valence-electron chi connectivity index (χ4n) is 3.58. The third-order valence-corrected chi connectivity index (χ3v) is 5.00. The van der Waals surface area contributed by atoms with Crippen LogP contribution in [0.4, 0.5) is 0 Å². The Morgan fingerprint density at radius 2 is 1.79 bits per heavy atom. The number of nitrogens with one attached hydrogen (secondary N) is 1. The molecule has 1 aromatic heterocycles. The average Bonchev–Trinajstić information content (AvgIpc) is 3.11. The summed E-state index contributed by atoms with van der Waals surface area (Å²) >= 11 is 0. The highest BCUT2D eigenvalue weighted by atomic mass is 16.6. The van der Waals surface area contributed by atoms with Crippen molar-refractivity contribution in [2.45, 2.75) is 25.9 Å². The standard InChI is InChI=1S/C24H23NO3/c1-24(2,23(26)27-3)28-21-10-6-9-20-22(21)19(15-25-20)14-16-11-12-17-7-4-5-8-18(17)13-16/h4-13,15,25H,14H2,1-3H3. The maximum absolute atomic E-state index is 12.1. The van der Waals surface area contributed by atoms with E-state index < -0.39 is 11.6 Å². The van der Waals surface area contributed by atoms with E-state index in [1.807, 2.05) is 30.5 Å². The lowest BCUT2D eigenvalue weighted by molar-refractivity contribution is -0.155. The molecule has 142 valence electrons. The van der Waals surface area contributed by atoms with Crippen LogP contribution < -0.4 is 4.74 Å². The van der Waals surface area contributed by atoms with Gasteiger partial charge in [-0.15, -0.1) is 0 Å². The van der Waals surface area contributed by atoms with Gasteiger partial charge in [-0.2, -0.15) is 0 Å². The molecule has 0 bridgehead atoms. The van der Waals surface area contributed by atoms with Gasteiger partial charge in [-0.25, -0.2) is 4.79 Å². The summed E-state index contributed by atoms with van der Waals surface area (Å²) in [5.41, 5.74) is 2.26. The van der Waals surface area contributed by atoms with Gasteiger partial charge in [0.15, 0.2) is 5.60 Å². The number of benzene rings is 3. The first-order valence-electron chi connectivity index (χ1n) is 9.32. The number of methoxy groups -OCH3 is 1. The van der Waals surface area contributed by atoms with Gasteiger partial charge < -0.3 is 14.5 Å². The number of aromatic amines is 1. The molecule has 0 aliphatic heterocycles. The second-order valence-corrected chi connectivity index (χ2v) is 7.45. The highest BCUT2D eigenvalue weighted by Gasteiger charge is 2.32. The minimum Gasteiger partial charge on any atom is -0.475 e. The summed E-state index contributed by atoms with van der Waals surface area (Å²) in [6.45, 7) is 3.43. The fraction of sp³-hybridized carbons (Fsp3) is 0.208. The van der Waals surface area contributed by atoms with Gasteiger partial charge in [-0.1, -0.05) is 48.5 Å². The summed E-state index contributed by atoms with van der Waals surface area (Å²) in [6.07, 6.45) is 2.78. The normalized spacial score (nSPS) is 11.7. The molecule has 1 N–H and O–H groups in total. The van der Waals surface area contributed by atoms with Gasteiger partial charge in [0.2, 0.25) is 0 Å². The van der Waals surface area contributed by atoms with Gasteiger partial charge in [-0.3, -0.25) is 0 Å². The van der Waals surface area contributed by atoms with E-state index in [2.05, 4.69) is 41.4 Å². The molecule has 3 aromatic carbocycles. The lowest BCUT2D eigenvalue weighted by Gasteiger charge is -2.24. The Morgan fingerprint density at radius 3 is 2.57 bits per heavy atom. The lowest BCUT2D eigenvalue weighted by Crippen LogP contribution is -2.39. The number of esters is 1. The molecule has 4 heteroatoms. The molecule has 28 heavy (non-hydrogen) atoms. The number of fused-ring (bicyclic) bond motifs is 2. The van der Waals surface area contributed by atoms with Crippen molar-refractivity contribution in [3.8, 4) is 5.75 Å². The highest BCUT2D eigenvalue weighted by Crippen LogP contribution is 2.33. The van der Waals surface area contributed by atoms with Crippen molar-refractivity contribution in [2.75, 3.05) is 7.11 Å². The smallest absolute Gasteiger partial charge is 0.349 e. The minimum absolute atomic E-state index is 0.406. The Hall–Kier alpha value is -3.27. The van der Waals surface area contributed by atoms with Crippen LogP contribution in [0.5, 0.6) is 5.75 Å². The zero-order valence-corrected chi connectivity index (χ0v) is 16.3. The molecule has 0 aliphatic carbocycles. The summed E-state index contributed by atoms with van der Waals surface area (Å²) < 4.78 is 11.0. The van der Waals surface area contributed by atoms with Crippen LogP contribution >= 0.6 is 0 Å². The van der Waals surface area contributed by atoms with Gasteiger partial charge in [0.05, 0.1) is 7.11 Å². The molecule has 0 atom stereocenters. The summed E-state index contributed by atoms with van der Waals surface area (Å²) in [4.78, 5) is 15.4. The summed E-state index contributed by atoms with van der Waals surface area (Å²) in [5.74, 6) is 0.265. The molecule has 4 rings (SSSR count). The largest absolute Gasteiger partial charge is 0.475 e. The maximum Gasteiger partial charge on any atom is 0.349 e. The third kappa shape index (κ3) is 3.33. The van der Waals surface area contributed by atoms with Crippen molar-refractivity contribution in [3.05, 3.63) is 78.0 Å². The Kier molecular flexibility index (Phi) is 4.55. The van der Waals surface area contributed by atoms with E-state index in [1.165, 1.54) is 23.4 Å². The van der Waals surface area contributed by atoms with Crippen LogP contribution in [0.15, 0.2) is 66.9 Å².